The van der Waals surface area contributed by atoms with Gasteiger partial charge in [-0.05, 0) is 24.2 Å². The number of hydrogen-bond acceptors (Lipinski definition) is 2. The van der Waals surface area contributed by atoms with Crippen molar-refractivity contribution < 1.29 is 9.59 Å². The van der Waals surface area contributed by atoms with Crippen LogP contribution in [0.1, 0.15) is 40.0 Å². The number of carbonyl (C=O) groups is 2. The van der Waals surface area contributed by atoms with Crippen LogP contribution >= 0.6 is 0 Å². The molecular weight excluding hydrogens is 178 g/mol. The number of nitrogens with one attached hydrogen (secondary N) is 1. The Kier molecular flexibility index (Phi) is 1.79. The van der Waals surface area contributed by atoms with Crippen molar-refractivity contribution in [2.24, 2.45) is 11.3 Å². The smallest absolute Gasteiger partial charge is 0.217 e. The van der Waals surface area contributed by atoms with Gasteiger partial charge in [0.25, 0.3) is 0 Å². The molecule has 2 aliphatic rings. The minimum atomic E-state index is -0.552. The van der Waals surface area contributed by atoms with Crippen molar-refractivity contribution in [3.05, 3.63) is 0 Å². The first-order valence-electron chi connectivity index (χ1n) is 5.22. The number of hydrogen-bond donors (Lipinski definition) is 1. The highest BCUT2D eigenvalue weighted by atomic mass is 16.2. The van der Waals surface area contributed by atoms with Gasteiger partial charge in [0.05, 0.1) is 0 Å². The Labute approximate surface area is 84.2 Å². The molecule has 0 unspecified atom stereocenters. The van der Waals surface area contributed by atoms with Gasteiger partial charge in [-0.25, -0.2) is 0 Å². The third-order valence-corrected chi connectivity index (χ3v) is 4.29. The van der Waals surface area contributed by atoms with Crippen molar-refractivity contribution in [3.63, 3.8) is 0 Å². The lowest BCUT2D eigenvalue weighted by molar-refractivity contribution is -0.132. The highest BCUT2D eigenvalue weighted by Gasteiger charge is 2.64. The molecular formula is C11H17NO2. The molecule has 2 rings (SSSR count). The highest BCUT2D eigenvalue weighted by Crippen LogP contribution is 2.58. The largest absolute Gasteiger partial charge is 0.343 e. The van der Waals surface area contributed by atoms with Gasteiger partial charge in [-0.1, -0.05) is 13.8 Å². The number of fused-ring (bicyclic) bond motifs is 2. The minimum absolute atomic E-state index is 0.0598. The van der Waals surface area contributed by atoms with Crippen molar-refractivity contribution in [2.75, 3.05) is 0 Å². The molecule has 2 bridgehead atoms. The molecule has 0 heterocycles. The lowest BCUT2D eigenvalue weighted by atomic mass is 9.76. The lowest BCUT2D eigenvalue weighted by Crippen LogP contribution is -2.57. The zero-order valence-corrected chi connectivity index (χ0v) is 9.02. The number of carbonyl (C=O) groups excluding carboxylic acids is 2. The molecule has 2 saturated carbocycles. The van der Waals surface area contributed by atoms with Crippen LogP contribution in [-0.2, 0) is 9.59 Å². The van der Waals surface area contributed by atoms with Crippen LogP contribution in [0.25, 0.3) is 0 Å². The predicted molar refractivity (Wildman–Crippen MR) is 52.7 cm³/mol. The van der Waals surface area contributed by atoms with E-state index in [2.05, 4.69) is 19.2 Å². The number of rotatable bonds is 1. The third kappa shape index (κ3) is 0.928. The summed E-state index contributed by atoms with van der Waals surface area (Å²) in [5.41, 5.74) is -0.612. The van der Waals surface area contributed by atoms with E-state index in [1.165, 1.54) is 6.92 Å². The third-order valence-electron chi connectivity index (χ3n) is 4.29. The Morgan fingerprint density at radius 3 is 2.50 bits per heavy atom. The quantitative estimate of drug-likeness (QED) is 0.685. The molecule has 14 heavy (non-hydrogen) atoms. The lowest BCUT2D eigenvalue weighted by Gasteiger charge is -2.36. The Morgan fingerprint density at radius 1 is 1.50 bits per heavy atom. The van der Waals surface area contributed by atoms with E-state index in [0.29, 0.717) is 12.3 Å². The van der Waals surface area contributed by atoms with Gasteiger partial charge in [-0.3, -0.25) is 9.59 Å². The van der Waals surface area contributed by atoms with E-state index in [1.807, 2.05) is 0 Å². The molecule has 0 aromatic heterocycles. The fourth-order valence-corrected chi connectivity index (χ4v) is 3.27. The average molecular weight is 195 g/mol. The summed E-state index contributed by atoms with van der Waals surface area (Å²) < 4.78 is 0. The summed E-state index contributed by atoms with van der Waals surface area (Å²) >= 11 is 0. The van der Waals surface area contributed by atoms with Crippen LogP contribution in [0.15, 0.2) is 0 Å². The Morgan fingerprint density at radius 2 is 2.14 bits per heavy atom. The molecule has 1 N–H and O–H groups in total. The molecule has 1 amide bonds. The zero-order valence-electron chi connectivity index (χ0n) is 9.02. The van der Waals surface area contributed by atoms with Gasteiger partial charge in [-0.2, -0.15) is 0 Å². The zero-order chi connectivity index (χ0) is 10.6. The first-order chi connectivity index (χ1) is 6.40. The maximum Gasteiger partial charge on any atom is 0.217 e. The van der Waals surface area contributed by atoms with Gasteiger partial charge in [0.2, 0.25) is 5.91 Å². The summed E-state index contributed by atoms with van der Waals surface area (Å²) in [6.45, 7) is 5.70. The van der Waals surface area contributed by atoms with Crippen molar-refractivity contribution in [2.45, 2.75) is 45.6 Å². The van der Waals surface area contributed by atoms with Crippen molar-refractivity contribution >= 4 is 11.7 Å². The van der Waals surface area contributed by atoms with Gasteiger partial charge < -0.3 is 5.32 Å². The summed E-state index contributed by atoms with van der Waals surface area (Å²) in [4.78, 5) is 23.0. The van der Waals surface area contributed by atoms with E-state index < -0.39 is 5.54 Å². The molecule has 0 aliphatic heterocycles. The molecule has 2 aliphatic carbocycles. The van der Waals surface area contributed by atoms with Gasteiger partial charge >= 0.3 is 0 Å². The van der Waals surface area contributed by atoms with E-state index in [9.17, 15) is 9.59 Å². The topological polar surface area (TPSA) is 46.2 Å². The van der Waals surface area contributed by atoms with E-state index in [0.717, 1.165) is 12.8 Å². The summed E-state index contributed by atoms with van der Waals surface area (Å²) in [6, 6.07) is 0. The summed E-state index contributed by atoms with van der Waals surface area (Å²) in [7, 11) is 0. The highest BCUT2D eigenvalue weighted by molar-refractivity contribution is 5.96. The summed E-state index contributed by atoms with van der Waals surface area (Å²) in [6.07, 6.45) is 2.54. The fourth-order valence-electron chi connectivity index (χ4n) is 3.27. The molecule has 0 aromatic rings. The van der Waals surface area contributed by atoms with Crippen LogP contribution in [0.5, 0.6) is 0 Å². The maximum absolute atomic E-state index is 11.9. The van der Waals surface area contributed by atoms with Crippen LogP contribution in [-0.4, -0.2) is 17.2 Å². The maximum atomic E-state index is 11.9. The second kappa shape index (κ2) is 2.59. The minimum Gasteiger partial charge on any atom is -0.343 e. The Bertz CT molecular complexity index is 308. The molecule has 3 heteroatoms. The van der Waals surface area contributed by atoms with Crippen LogP contribution in [0.2, 0.25) is 0 Å². The van der Waals surface area contributed by atoms with Gasteiger partial charge in [-0.15, -0.1) is 0 Å². The Balaban J connectivity index is 2.39. The second-order valence-corrected chi connectivity index (χ2v) is 5.17. The molecule has 78 valence electrons. The van der Waals surface area contributed by atoms with Gasteiger partial charge in [0.1, 0.15) is 5.54 Å². The normalized spacial score (nSPS) is 38.8. The molecule has 0 aromatic carbocycles. The number of Topliss-reactive ketones (excluding diaryl/α,β-unsaturated/α-hetero) is 1. The Hall–Kier alpha value is -0.860. The van der Waals surface area contributed by atoms with Crippen LogP contribution in [0, 0.1) is 11.3 Å². The molecule has 3 nitrogen and oxygen atoms in total. The monoisotopic (exact) mass is 195 g/mol. The van der Waals surface area contributed by atoms with Crippen LogP contribution in [0.4, 0.5) is 0 Å². The number of ketones is 1. The van der Waals surface area contributed by atoms with Crippen molar-refractivity contribution in [1.29, 1.82) is 0 Å². The molecule has 0 spiro atoms. The molecule has 0 radical (unpaired) electrons. The van der Waals surface area contributed by atoms with Crippen LogP contribution < -0.4 is 5.32 Å². The van der Waals surface area contributed by atoms with Crippen molar-refractivity contribution in [3.8, 4) is 0 Å². The van der Waals surface area contributed by atoms with Crippen molar-refractivity contribution in [1.82, 2.24) is 5.32 Å². The van der Waals surface area contributed by atoms with E-state index in [4.69, 9.17) is 0 Å². The summed E-state index contributed by atoms with van der Waals surface area (Å²) in [5.74, 6) is 0.602. The SMILES string of the molecule is CC(=O)N[C@@]12CC[C@@H](CC1=O)C2(C)C. The predicted octanol–water partition coefficient (Wildman–Crippen LogP) is 1.27. The average Bonchev–Trinajstić information content (AvgIpc) is 2.36. The first-order valence-corrected chi connectivity index (χ1v) is 5.22. The number of amides is 1. The van der Waals surface area contributed by atoms with Gasteiger partial charge in [0.15, 0.2) is 5.78 Å². The first kappa shape index (κ1) is 9.69. The van der Waals surface area contributed by atoms with E-state index in [-0.39, 0.29) is 17.1 Å². The summed E-state index contributed by atoms with van der Waals surface area (Å²) in [5, 5.41) is 2.90. The van der Waals surface area contributed by atoms with E-state index >= 15 is 0 Å². The van der Waals surface area contributed by atoms with Gasteiger partial charge in [0, 0.05) is 13.3 Å². The molecule has 2 fully saturated rings. The second-order valence-electron chi connectivity index (χ2n) is 5.17. The molecule has 0 saturated heterocycles. The van der Waals surface area contributed by atoms with E-state index in [1.54, 1.807) is 0 Å². The fraction of sp³-hybridized carbons (Fsp3) is 0.818. The standard InChI is InChI=1S/C11H17NO2/c1-7(13)12-11-5-4-8(6-9(11)14)10(11,2)3/h8H,4-6H2,1-3H3,(H,12,13)/t8-,11-/m0/s1. The van der Waals surface area contributed by atoms with Crippen LogP contribution in [0.3, 0.4) is 0 Å². The molecule has 2 atom stereocenters.